The van der Waals surface area contributed by atoms with Crippen molar-refractivity contribution in [2.45, 2.75) is 16.8 Å². The Morgan fingerprint density at radius 3 is 2.41 bits per heavy atom. The number of aliphatic hydroxyl groups is 1. The first-order valence-electron chi connectivity index (χ1n) is 6.52. The van der Waals surface area contributed by atoms with Crippen molar-refractivity contribution in [1.29, 1.82) is 0 Å². The molecule has 3 nitrogen and oxygen atoms in total. The number of halogens is 3. The average Bonchev–Trinajstić information content (AvgIpc) is 2.91. The minimum absolute atomic E-state index is 0.0352. The minimum atomic E-state index is -4.34. The molecule has 0 aliphatic heterocycles. The standard InChI is InChI=1S/C15H14F3NO2S/c16-15(17,18)22-13-6-4-10(5-7-13)14(21)19-8-11-2-1-3-12(11)9-20/h2-7,20H,1,8-9H2,(H,19,21). The third-order valence-electron chi connectivity index (χ3n) is 3.10. The molecule has 1 aromatic rings. The maximum atomic E-state index is 12.2. The third kappa shape index (κ3) is 4.64. The first kappa shape index (κ1) is 16.6. The van der Waals surface area contributed by atoms with Crippen molar-refractivity contribution in [2.75, 3.05) is 13.2 Å². The summed E-state index contributed by atoms with van der Waals surface area (Å²) in [4.78, 5) is 12.0. The van der Waals surface area contributed by atoms with E-state index in [-0.39, 0.29) is 35.7 Å². The van der Waals surface area contributed by atoms with Gasteiger partial charge in [-0.05, 0) is 53.6 Å². The van der Waals surface area contributed by atoms with Gasteiger partial charge in [0.15, 0.2) is 0 Å². The molecule has 0 atom stereocenters. The van der Waals surface area contributed by atoms with Crippen LogP contribution in [-0.2, 0) is 0 Å². The van der Waals surface area contributed by atoms with Gasteiger partial charge in [0, 0.05) is 17.0 Å². The Bertz CT molecular complexity index is 606. The van der Waals surface area contributed by atoms with Crippen LogP contribution < -0.4 is 5.32 Å². The number of thioether (sulfide) groups is 1. The molecule has 0 spiro atoms. The molecule has 1 amide bonds. The number of rotatable bonds is 5. The van der Waals surface area contributed by atoms with Crippen LogP contribution in [0.25, 0.3) is 0 Å². The molecule has 118 valence electrons. The van der Waals surface area contributed by atoms with E-state index in [1.54, 1.807) is 0 Å². The van der Waals surface area contributed by atoms with Crippen LogP contribution in [0.1, 0.15) is 16.8 Å². The molecule has 0 bridgehead atoms. The molecule has 22 heavy (non-hydrogen) atoms. The van der Waals surface area contributed by atoms with E-state index in [2.05, 4.69) is 5.32 Å². The van der Waals surface area contributed by atoms with Gasteiger partial charge < -0.3 is 10.4 Å². The van der Waals surface area contributed by atoms with E-state index in [1.807, 2.05) is 12.2 Å². The lowest BCUT2D eigenvalue weighted by molar-refractivity contribution is -0.0328. The maximum Gasteiger partial charge on any atom is 0.446 e. The van der Waals surface area contributed by atoms with Crippen molar-refractivity contribution in [3.8, 4) is 0 Å². The number of hydrogen-bond donors (Lipinski definition) is 2. The molecule has 0 aromatic heterocycles. The Hall–Kier alpha value is -1.73. The van der Waals surface area contributed by atoms with Crippen LogP contribution in [0.4, 0.5) is 13.2 Å². The maximum absolute atomic E-state index is 12.2. The number of allylic oxidation sites excluding steroid dienone is 2. The van der Waals surface area contributed by atoms with E-state index in [0.29, 0.717) is 5.56 Å². The van der Waals surface area contributed by atoms with E-state index in [4.69, 9.17) is 5.11 Å². The predicted octanol–water partition coefficient (Wildman–Crippen LogP) is 3.28. The number of benzene rings is 1. The fourth-order valence-corrected chi connectivity index (χ4v) is 2.58. The first-order chi connectivity index (χ1) is 10.4. The summed E-state index contributed by atoms with van der Waals surface area (Å²) in [6.45, 7) is 0.204. The molecule has 2 rings (SSSR count). The Kier molecular flexibility index (Phi) is 5.31. The highest BCUT2D eigenvalue weighted by molar-refractivity contribution is 8.00. The average molecular weight is 329 g/mol. The van der Waals surface area contributed by atoms with Crippen LogP contribution in [0.2, 0.25) is 0 Å². The smallest absolute Gasteiger partial charge is 0.392 e. The van der Waals surface area contributed by atoms with Crippen LogP contribution in [-0.4, -0.2) is 29.7 Å². The van der Waals surface area contributed by atoms with Crippen molar-refractivity contribution in [3.63, 3.8) is 0 Å². The number of amides is 1. The van der Waals surface area contributed by atoms with Gasteiger partial charge in [-0.15, -0.1) is 0 Å². The quantitative estimate of drug-likeness (QED) is 0.815. The zero-order valence-corrected chi connectivity index (χ0v) is 12.3. The fraction of sp³-hybridized carbons (Fsp3) is 0.267. The number of alkyl halides is 3. The molecule has 0 fully saturated rings. The largest absolute Gasteiger partial charge is 0.446 e. The van der Waals surface area contributed by atoms with Gasteiger partial charge in [-0.2, -0.15) is 13.2 Å². The molecule has 0 radical (unpaired) electrons. The molecule has 1 aliphatic rings. The molecule has 7 heteroatoms. The lowest BCUT2D eigenvalue weighted by atomic mass is 10.1. The van der Waals surface area contributed by atoms with Crippen molar-refractivity contribution in [1.82, 2.24) is 5.32 Å². The molecule has 0 saturated carbocycles. The number of carbonyl (C=O) groups excluding carboxylic acids is 1. The van der Waals surface area contributed by atoms with Crippen LogP contribution in [0.5, 0.6) is 0 Å². The summed E-state index contributed by atoms with van der Waals surface area (Å²) < 4.78 is 36.6. The Balaban J connectivity index is 1.92. The molecular weight excluding hydrogens is 315 g/mol. The Labute approximate surface area is 129 Å². The molecule has 0 unspecified atom stereocenters. The van der Waals surface area contributed by atoms with E-state index >= 15 is 0 Å². The van der Waals surface area contributed by atoms with Crippen molar-refractivity contribution >= 4 is 17.7 Å². The summed E-state index contributed by atoms with van der Waals surface area (Å²) in [6.07, 6.45) is 4.52. The van der Waals surface area contributed by atoms with Gasteiger partial charge in [0.05, 0.1) is 6.61 Å². The lowest BCUT2D eigenvalue weighted by Crippen LogP contribution is -2.26. The normalized spacial score (nSPS) is 14.5. The van der Waals surface area contributed by atoms with Crippen molar-refractivity contribution in [2.24, 2.45) is 0 Å². The topological polar surface area (TPSA) is 49.3 Å². The van der Waals surface area contributed by atoms with Crippen LogP contribution in [0.3, 0.4) is 0 Å². The molecule has 0 saturated heterocycles. The highest BCUT2D eigenvalue weighted by atomic mass is 32.2. The second-order valence-electron chi connectivity index (χ2n) is 4.61. The van der Waals surface area contributed by atoms with E-state index < -0.39 is 5.51 Å². The van der Waals surface area contributed by atoms with E-state index in [0.717, 1.165) is 17.6 Å². The highest BCUT2D eigenvalue weighted by Crippen LogP contribution is 2.36. The van der Waals surface area contributed by atoms with Gasteiger partial charge >= 0.3 is 5.51 Å². The van der Waals surface area contributed by atoms with E-state index in [1.165, 1.54) is 24.3 Å². The Morgan fingerprint density at radius 1 is 1.18 bits per heavy atom. The summed E-state index contributed by atoms with van der Waals surface area (Å²) in [5.74, 6) is -0.367. The summed E-state index contributed by atoms with van der Waals surface area (Å²) in [7, 11) is 0. The predicted molar refractivity (Wildman–Crippen MR) is 78.6 cm³/mol. The van der Waals surface area contributed by atoms with Gasteiger partial charge in [-0.3, -0.25) is 4.79 Å². The molecular formula is C15H14F3NO2S. The van der Waals surface area contributed by atoms with Gasteiger partial charge in [-0.1, -0.05) is 12.2 Å². The van der Waals surface area contributed by atoms with Gasteiger partial charge in [-0.25, -0.2) is 0 Å². The minimum Gasteiger partial charge on any atom is -0.392 e. The van der Waals surface area contributed by atoms with Crippen molar-refractivity contribution in [3.05, 3.63) is 53.1 Å². The second kappa shape index (κ2) is 7.02. The lowest BCUT2D eigenvalue weighted by Gasteiger charge is -2.09. The summed E-state index contributed by atoms with van der Waals surface area (Å²) in [5.41, 5.74) is -2.40. The summed E-state index contributed by atoms with van der Waals surface area (Å²) >= 11 is -0.218. The number of nitrogens with one attached hydrogen (secondary N) is 1. The molecule has 2 N–H and O–H groups in total. The zero-order valence-electron chi connectivity index (χ0n) is 11.5. The summed E-state index contributed by atoms with van der Waals surface area (Å²) in [6, 6.07) is 5.24. The van der Waals surface area contributed by atoms with Gasteiger partial charge in [0.2, 0.25) is 0 Å². The summed E-state index contributed by atoms with van der Waals surface area (Å²) in [5, 5.41) is 11.8. The first-order valence-corrected chi connectivity index (χ1v) is 7.34. The van der Waals surface area contributed by atoms with Crippen LogP contribution in [0, 0.1) is 0 Å². The monoisotopic (exact) mass is 329 g/mol. The second-order valence-corrected chi connectivity index (χ2v) is 5.75. The number of hydrogen-bond acceptors (Lipinski definition) is 3. The van der Waals surface area contributed by atoms with Gasteiger partial charge in [0.1, 0.15) is 0 Å². The highest BCUT2D eigenvalue weighted by Gasteiger charge is 2.29. The molecule has 1 aromatic carbocycles. The zero-order chi connectivity index (χ0) is 16.2. The molecule has 0 heterocycles. The van der Waals surface area contributed by atoms with Crippen LogP contribution in [0.15, 0.2) is 52.5 Å². The van der Waals surface area contributed by atoms with Crippen LogP contribution >= 0.6 is 11.8 Å². The third-order valence-corrected chi connectivity index (χ3v) is 3.84. The molecule has 1 aliphatic carbocycles. The van der Waals surface area contributed by atoms with Gasteiger partial charge in [0.25, 0.3) is 5.91 Å². The van der Waals surface area contributed by atoms with Crippen molar-refractivity contribution < 1.29 is 23.1 Å². The number of aliphatic hydroxyl groups excluding tert-OH is 1. The number of carbonyl (C=O) groups is 1. The Morgan fingerprint density at radius 2 is 1.82 bits per heavy atom. The fourth-order valence-electron chi connectivity index (χ4n) is 2.04. The van der Waals surface area contributed by atoms with E-state index in [9.17, 15) is 18.0 Å². The SMILES string of the molecule is O=C(NCC1=CCC=C1CO)c1ccc(SC(F)(F)F)cc1.